The van der Waals surface area contributed by atoms with Crippen LogP contribution < -0.4 is 0 Å². The SMILES string of the molecule is O=C(/C=C/c1ccc(O)cc1)O[C@@H]1[C@@H](O)[C@H](OC(=O)c2cc(O)c(O)c(O)c2)O[C@H](CO)[C@H]1O. The standard InChI is InChI=1S/C22H22O12/c23-9-15-18(29)20(33-16(27)6-3-10-1-4-12(24)5-2-10)19(30)22(32-15)34-21(31)11-7-13(25)17(28)14(26)8-11/h1-8,15,18-20,22-26,28-30H,9H2/b6-3+/t15-,18-,19-,20+,22+/m1/s1. The number of hydrogen-bond acceptors (Lipinski definition) is 12. The van der Waals surface area contributed by atoms with Gasteiger partial charge in [0.1, 0.15) is 18.0 Å². The molecule has 0 aromatic heterocycles. The van der Waals surface area contributed by atoms with E-state index in [1.807, 2.05) is 0 Å². The van der Waals surface area contributed by atoms with Gasteiger partial charge in [0.2, 0.25) is 6.29 Å². The van der Waals surface area contributed by atoms with Crippen LogP contribution in [0.4, 0.5) is 0 Å². The number of rotatable bonds is 6. The Morgan fingerprint density at radius 1 is 0.941 bits per heavy atom. The first kappa shape index (κ1) is 24.8. The van der Waals surface area contributed by atoms with E-state index in [1.54, 1.807) is 0 Å². The molecule has 34 heavy (non-hydrogen) atoms. The van der Waals surface area contributed by atoms with Crippen molar-refractivity contribution in [3.8, 4) is 23.0 Å². The number of carbonyl (C=O) groups excluding carboxylic acids is 2. The number of benzene rings is 2. The molecule has 0 unspecified atom stereocenters. The van der Waals surface area contributed by atoms with Crippen molar-refractivity contribution in [3.63, 3.8) is 0 Å². The molecule has 182 valence electrons. The summed E-state index contributed by atoms with van der Waals surface area (Å²) in [5.74, 6) is -4.64. The number of aromatic hydroxyl groups is 4. The molecule has 0 aliphatic carbocycles. The molecule has 1 fully saturated rings. The highest BCUT2D eigenvalue weighted by Crippen LogP contribution is 2.36. The maximum atomic E-state index is 12.4. The highest BCUT2D eigenvalue weighted by Gasteiger charge is 2.48. The van der Waals surface area contributed by atoms with Crippen LogP contribution in [0.15, 0.2) is 42.5 Å². The van der Waals surface area contributed by atoms with E-state index in [4.69, 9.17) is 14.2 Å². The minimum atomic E-state index is -1.88. The van der Waals surface area contributed by atoms with Crippen LogP contribution in [-0.4, -0.2) is 85.0 Å². The fourth-order valence-corrected chi connectivity index (χ4v) is 3.11. The minimum absolute atomic E-state index is 0.0292. The lowest BCUT2D eigenvalue weighted by Crippen LogP contribution is -2.60. The smallest absolute Gasteiger partial charge is 0.340 e. The number of phenols is 4. The minimum Gasteiger partial charge on any atom is -0.508 e. The third kappa shape index (κ3) is 5.55. The van der Waals surface area contributed by atoms with Crippen molar-refractivity contribution in [2.75, 3.05) is 6.61 Å². The Bertz CT molecular complexity index is 1040. The second-order valence-corrected chi connectivity index (χ2v) is 7.30. The summed E-state index contributed by atoms with van der Waals surface area (Å²) in [4.78, 5) is 24.6. The molecule has 0 amide bonds. The van der Waals surface area contributed by atoms with Crippen LogP contribution in [0, 0.1) is 0 Å². The molecule has 7 N–H and O–H groups in total. The van der Waals surface area contributed by atoms with Crippen LogP contribution in [0.25, 0.3) is 6.08 Å². The predicted molar refractivity (Wildman–Crippen MR) is 112 cm³/mol. The van der Waals surface area contributed by atoms with Crippen LogP contribution in [0.1, 0.15) is 15.9 Å². The average molecular weight is 478 g/mol. The van der Waals surface area contributed by atoms with E-state index >= 15 is 0 Å². The first-order chi connectivity index (χ1) is 16.1. The quantitative estimate of drug-likeness (QED) is 0.163. The summed E-state index contributed by atoms with van der Waals surface area (Å²) in [7, 11) is 0. The van der Waals surface area contributed by atoms with Crippen molar-refractivity contribution in [2.45, 2.75) is 30.7 Å². The van der Waals surface area contributed by atoms with Crippen LogP contribution in [0.5, 0.6) is 23.0 Å². The van der Waals surface area contributed by atoms with Crippen molar-refractivity contribution < 1.29 is 59.5 Å². The number of esters is 2. The van der Waals surface area contributed by atoms with Crippen LogP contribution in [0.3, 0.4) is 0 Å². The molecule has 2 aromatic rings. The van der Waals surface area contributed by atoms with Crippen molar-refractivity contribution in [1.29, 1.82) is 0 Å². The number of phenolic OH excluding ortho intramolecular Hbond substituents is 4. The van der Waals surface area contributed by atoms with Gasteiger partial charge in [0, 0.05) is 6.08 Å². The van der Waals surface area contributed by atoms with Gasteiger partial charge >= 0.3 is 11.9 Å². The molecule has 1 aliphatic heterocycles. The zero-order valence-corrected chi connectivity index (χ0v) is 17.4. The van der Waals surface area contributed by atoms with Gasteiger partial charge in [-0.2, -0.15) is 0 Å². The largest absolute Gasteiger partial charge is 0.508 e. The average Bonchev–Trinajstić information content (AvgIpc) is 2.81. The lowest BCUT2D eigenvalue weighted by Gasteiger charge is -2.40. The van der Waals surface area contributed by atoms with Gasteiger partial charge in [0.15, 0.2) is 29.5 Å². The molecule has 1 heterocycles. The Hall–Kier alpha value is -3.84. The van der Waals surface area contributed by atoms with Gasteiger partial charge in [-0.25, -0.2) is 9.59 Å². The molecular weight excluding hydrogens is 456 g/mol. The first-order valence-corrected chi connectivity index (χ1v) is 9.86. The summed E-state index contributed by atoms with van der Waals surface area (Å²) < 4.78 is 15.3. The van der Waals surface area contributed by atoms with Gasteiger partial charge in [-0.1, -0.05) is 12.1 Å². The molecule has 0 bridgehead atoms. The van der Waals surface area contributed by atoms with E-state index in [0.29, 0.717) is 5.56 Å². The van der Waals surface area contributed by atoms with E-state index in [2.05, 4.69) is 0 Å². The number of carbonyl (C=O) groups is 2. The van der Waals surface area contributed by atoms with Gasteiger partial charge in [0.25, 0.3) is 0 Å². The third-order valence-corrected chi connectivity index (χ3v) is 4.91. The molecule has 12 heteroatoms. The summed E-state index contributed by atoms with van der Waals surface area (Å²) >= 11 is 0. The summed E-state index contributed by atoms with van der Waals surface area (Å²) in [6.07, 6.45) is -6.09. The summed E-state index contributed by atoms with van der Waals surface area (Å²) in [6.45, 7) is -0.778. The Morgan fingerprint density at radius 3 is 2.15 bits per heavy atom. The van der Waals surface area contributed by atoms with Crippen LogP contribution in [-0.2, 0) is 19.0 Å². The van der Waals surface area contributed by atoms with Gasteiger partial charge in [0.05, 0.1) is 12.2 Å². The molecule has 12 nitrogen and oxygen atoms in total. The first-order valence-electron chi connectivity index (χ1n) is 9.86. The molecule has 0 spiro atoms. The monoisotopic (exact) mass is 478 g/mol. The van der Waals surface area contributed by atoms with Gasteiger partial charge < -0.3 is 50.0 Å². The molecule has 2 aromatic carbocycles. The molecule has 0 radical (unpaired) electrons. The summed E-state index contributed by atoms with van der Waals surface area (Å²) in [5, 5.41) is 68.1. The fourth-order valence-electron chi connectivity index (χ4n) is 3.11. The van der Waals surface area contributed by atoms with Gasteiger partial charge in [-0.3, -0.25) is 0 Å². The fraction of sp³-hybridized carbons (Fsp3) is 0.273. The van der Waals surface area contributed by atoms with E-state index in [-0.39, 0.29) is 5.75 Å². The summed E-state index contributed by atoms with van der Waals surface area (Å²) in [5.41, 5.74) is 0.129. The lowest BCUT2D eigenvalue weighted by molar-refractivity contribution is -0.287. The maximum absolute atomic E-state index is 12.4. The molecular formula is C22H22O12. The Balaban J connectivity index is 1.73. The van der Waals surface area contributed by atoms with Crippen LogP contribution in [0.2, 0.25) is 0 Å². The molecule has 1 aliphatic rings. The Morgan fingerprint density at radius 2 is 1.56 bits per heavy atom. The number of hydrogen-bond donors (Lipinski definition) is 7. The Kier molecular flexibility index (Phi) is 7.58. The Labute approximate surface area is 192 Å². The molecule has 1 saturated heterocycles. The van der Waals surface area contributed by atoms with E-state index < -0.39 is 72.1 Å². The zero-order valence-electron chi connectivity index (χ0n) is 17.4. The van der Waals surface area contributed by atoms with E-state index in [9.17, 15) is 45.3 Å². The lowest BCUT2D eigenvalue weighted by atomic mass is 9.99. The van der Waals surface area contributed by atoms with Crippen LogP contribution >= 0.6 is 0 Å². The van der Waals surface area contributed by atoms with Crippen molar-refractivity contribution in [3.05, 3.63) is 53.6 Å². The van der Waals surface area contributed by atoms with E-state index in [0.717, 1.165) is 18.2 Å². The summed E-state index contributed by atoms with van der Waals surface area (Å²) in [6, 6.07) is 7.42. The zero-order chi connectivity index (χ0) is 25.0. The predicted octanol–water partition coefficient (Wildman–Crippen LogP) is -0.270. The van der Waals surface area contributed by atoms with Crippen molar-refractivity contribution in [1.82, 2.24) is 0 Å². The van der Waals surface area contributed by atoms with Crippen molar-refractivity contribution in [2.24, 2.45) is 0 Å². The topological polar surface area (TPSA) is 203 Å². The number of aliphatic hydroxyl groups excluding tert-OH is 3. The second-order valence-electron chi connectivity index (χ2n) is 7.30. The second kappa shape index (κ2) is 10.4. The molecule has 0 saturated carbocycles. The molecule has 5 atom stereocenters. The highest BCUT2D eigenvalue weighted by molar-refractivity contribution is 5.91. The third-order valence-electron chi connectivity index (χ3n) is 4.91. The van der Waals surface area contributed by atoms with Gasteiger partial charge in [-0.15, -0.1) is 0 Å². The van der Waals surface area contributed by atoms with Gasteiger partial charge in [-0.05, 0) is 35.9 Å². The maximum Gasteiger partial charge on any atom is 0.340 e. The highest BCUT2D eigenvalue weighted by atomic mass is 16.7. The normalized spacial score (nSPS) is 24.6. The number of aliphatic hydroxyl groups is 3. The number of ether oxygens (including phenoxy) is 3. The van der Waals surface area contributed by atoms with Crippen molar-refractivity contribution >= 4 is 18.0 Å². The molecule has 3 rings (SSSR count). The van der Waals surface area contributed by atoms with E-state index in [1.165, 1.54) is 30.3 Å².